The van der Waals surface area contributed by atoms with Crippen molar-refractivity contribution >= 4 is 5.91 Å². The van der Waals surface area contributed by atoms with Crippen molar-refractivity contribution in [3.63, 3.8) is 0 Å². The first-order valence-electron chi connectivity index (χ1n) is 6.21. The molecule has 1 amide bonds. The number of hydrogen-bond donors (Lipinski definition) is 0. The molecule has 2 aromatic heterocycles. The smallest absolute Gasteiger partial charge is 0.257 e. The van der Waals surface area contributed by atoms with E-state index in [0.29, 0.717) is 12.1 Å². The first kappa shape index (κ1) is 13.4. The number of furan rings is 1. The van der Waals surface area contributed by atoms with Gasteiger partial charge in [0.25, 0.3) is 5.91 Å². The van der Waals surface area contributed by atoms with Gasteiger partial charge in [-0.15, -0.1) is 0 Å². The van der Waals surface area contributed by atoms with E-state index in [-0.39, 0.29) is 5.91 Å². The molecule has 0 saturated carbocycles. The molecule has 102 valence electrons. The maximum atomic E-state index is 12.4. The molecule has 0 aliphatic rings. The number of hydrogen-bond acceptors (Lipinski definition) is 3. The van der Waals surface area contributed by atoms with Crippen molar-refractivity contribution in [1.82, 2.24) is 14.7 Å². The standard InChI is InChI=1S/C14H19N3O2/c1-9-6-7-12(19-9)8-16(4)14(18)13-10(2)15-17(5)11(13)3/h6-7H,8H2,1-5H3. The van der Waals surface area contributed by atoms with Crippen LogP contribution in [0.4, 0.5) is 0 Å². The minimum Gasteiger partial charge on any atom is -0.464 e. The van der Waals surface area contributed by atoms with Gasteiger partial charge in [0.1, 0.15) is 11.5 Å². The topological polar surface area (TPSA) is 51.3 Å². The second-order valence-corrected chi connectivity index (χ2v) is 4.84. The van der Waals surface area contributed by atoms with Crippen LogP contribution in [0.5, 0.6) is 0 Å². The average molecular weight is 261 g/mol. The lowest BCUT2D eigenvalue weighted by atomic mass is 10.1. The van der Waals surface area contributed by atoms with Crippen LogP contribution in [0.3, 0.4) is 0 Å². The summed E-state index contributed by atoms with van der Waals surface area (Å²) < 4.78 is 7.22. The molecule has 2 heterocycles. The minimum absolute atomic E-state index is 0.0304. The Balaban J connectivity index is 2.19. The average Bonchev–Trinajstić information content (AvgIpc) is 2.84. The molecule has 0 aromatic carbocycles. The van der Waals surface area contributed by atoms with Gasteiger partial charge in [-0.2, -0.15) is 5.10 Å². The molecule has 0 spiro atoms. The maximum absolute atomic E-state index is 12.4. The molecule has 5 heteroatoms. The summed E-state index contributed by atoms with van der Waals surface area (Å²) in [4.78, 5) is 14.1. The van der Waals surface area contributed by atoms with E-state index < -0.39 is 0 Å². The van der Waals surface area contributed by atoms with Crippen LogP contribution in [0.2, 0.25) is 0 Å². The van der Waals surface area contributed by atoms with Crippen LogP contribution in [0.1, 0.15) is 33.3 Å². The fourth-order valence-corrected chi connectivity index (χ4v) is 2.15. The number of rotatable bonds is 3. The molecule has 0 atom stereocenters. The Kier molecular flexibility index (Phi) is 3.46. The van der Waals surface area contributed by atoms with E-state index in [0.717, 1.165) is 22.9 Å². The number of aromatic nitrogens is 2. The van der Waals surface area contributed by atoms with Crippen LogP contribution in [0.15, 0.2) is 16.5 Å². The largest absolute Gasteiger partial charge is 0.464 e. The Morgan fingerprint density at radius 2 is 2.05 bits per heavy atom. The zero-order chi connectivity index (χ0) is 14.2. The first-order valence-corrected chi connectivity index (χ1v) is 6.21. The fraction of sp³-hybridized carbons (Fsp3) is 0.429. The van der Waals surface area contributed by atoms with Gasteiger partial charge in [0.2, 0.25) is 0 Å². The lowest BCUT2D eigenvalue weighted by molar-refractivity contribution is 0.0773. The zero-order valence-electron chi connectivity index (χ0n) is 12.0. The Labute approximate surface area is 112 Å². The Hall–Kier alpha value is -2.04. The fourth-order valence-electron chi connectivity index (χ4n) is 2.15. The molecule has 5 nitrogen and oxygen atoms in total. The summed E-state index contributed by atoms with van der Waals surface area (Å²) in [5.74, 6) is 1.61. The molecule has 0 N–H and O–H groups in total. The monoisotopic (exact) mass is 261 g/mol. The summed E-state index contributed by atoms with van der Waals surface area (Å²) in [6.45, 7) is 6.10. The summed E-state index contributed by atoms with van der Waals surface area (Å²) in [5.41, 5.74) is 2.31. The maximum Gasteiger partial charge on any atom is 0.257 e. The third kappa shape index (κ3) is 2.54. The summed E-state index contributed by atoms with van der Waals surface area (Å²) >= 11 is 0. The highest BCUT2D eigenvalue weighted by molar-refractivity contribution is 5.96. The van der Waals surface area contributed by atoms with E-state index in [9.17, 15) is 4.79 Å². The van der Waals surface area contributed by atoms with Gasteiger partial charge in [0.05, 0.1) is 17.8 Å². The number of carbonyl (C=O) groups excluding carboxylic acids is 1. The van der Waals surface area contributed by atoms with Gasteiger partial charge in [-0.05, 0) is 32.9 Å². The molecule has 2 rings (SSSR count). The van der Waals surface area contributed by atoms with Crippen LogP contribution in [0, 0.1) is 20.8 Å². The van der Waals surface area contributed by atoms with Gasteiger partial charge < -0.3 is 9.32 Å². The second-order valence-electron chi connectivity index (χ2n) is 4.84. The molecule has 0 bridgehead atoms. The number of nitrogens with zero attached hydrogens (tertiary/aromatic N) is 3. The second kappa shape index (κ2) is 4.91. The lowest BCUT2D eigenvalue weighted by Gasteiger charge is -2.16. The van der Waals surface area contributed by atoms with Crippen LogP contribution >= 0.6 is 0 Å². The molecule has 0 aliphatic heterocycles. The van der Waals surface area contributed by atoms with Crippen molar-refractivity contribution in [3.8, 4) is 0 Å². The zero-order valence-corrected chi connectivity index (χ0v) is 12.0. The third-order valence-electron chi connectivity index (χ3n) is 3.26. The Morgan fingerprint density at radius 3 is 2.53 bits per heavy atom. The highest BCUT2D eigenvalue weighted by Gasteiger charge is 2.21. The summed E-state index contributed by atoms with van der Waals surface area (Å²) in [7, 11) is 3.61. The number of amides is 1. The normalized spacial score (nSPS) is 10.8. The van der Waals surface area contributed by atoms with Gasteiger partial charge in [0.15, 0.2) is 0 Å². The van der Waals surface area contributed by atoms with Crippen LogP contribution in [-0.2, 0) is 13.6 Å². The van der Waals surface area contributed by atoms with Crippen molar-refractivity contribution in [1.29, 1.82) is 0 Å². The van der Waals surface area contributed by atoms with E-state index >= 15 is 0 Å². The van der Waals surface area contributed by atoms with Crippen LogP contribution < -0.4 is 0 Å². The summed E-state index contributed by atoms with van der Waals surface area (Å²) in [6, 6.07) is 3.79. The molecule has 0 fully saturated rings. The van der Waals surface area contributed by atoms with Crippen molar-refractivity contribution in [3.05, 3.63) is 40.6 Å². The Morgan fingerprint density at radius 1 is 1.37 bits per heavy atom. The van der Waals surface area contributed by atoms with Crippen LogP contribution in [-0.4, -0.2) is 27.6 Å². The van der Waals surface area contributed by atoms with Gasteiger partial charge in [-0.3, -0.25) is 9.48 Å². The first-order chi connectivity index (χ1) is 8.90. The van der Waals surface area contributed by atoms with E-state index in [2.05, 4.69) is 5.10 Å². The summed E-state index contributed by atoms with van der Waals surface area (Å²) in [5, 5.41) is 4.27. The van der Waals surface area contributed by atoms with Crippen molar-refractivity contribution in [2.75, 3.05) is 7.05 Å². The van der Waals surface area contributed by atoms with E-state index in [4.69, 9.17) is 4.42 Å². The third-order valence-corrected chi connectivity index (χ3v) is 3.26. The minimum atomic E-state index is -0.0304. The van der Waals surface area contributed by atoms with Gasteiger partial charge in [-0.25, -0.2) is 0 Å². The Bertz CT molecular complexity index is 610. The molecular weight excluding hydrogens is 242 g/mol. The molecular formula is C14H19N3O2. The molecule has 0 aliphatic carbocycles. The number of aryl methyl sites for hydroxylation is 3. The van der Waals surface area contributed by atoms with Crippen molar-refractivity contribution in [2.24, 2.45) is 7.05 Å². The predicted molar refractivity (Wildman–Crippen MR) is 71.9 cm³/mol. The lowest BCUT2D eigenvalue weighted by Crippen LogP contribution is -2.27. The molecule has 2 aromatic rings. The number of carbonyl (C=O) groups is 1. The SMILES string of the molecule is Cc1ccc(CN(C)C(=O)c2c(C)nn(C)c2C)o1. The van der Waals surface area contributed by atoms with Crippen molar-refractivity contribution < 1.29 is 9.21 Å². The molecule has 0 radical (unpaired) electrons. The highest BCUT2D eigenvalue weighted by Crippen LogP contribution is 2.16. The van der Waals surface area contributed by atoms with Gasteiger partial charge in [-0.1, -0.05) is 0 Å². The van der Waals surface area contributed by atoms with E-state index in [1.165, 1.54) is 0 Å². The quantitative estimate of drug-likeness (QED) is 0.851. The highest BCUT2D eigenvalue weighted by atomic mass is 16.3. The van der Waals surface area contributed by atoms with Gasteiger partial charge >= 0.3 is 0 Å². The van der Waals surface area contributed by atoms with Crippen LogP contribution in [0.25, 0.3) is 0 Å². The molecule has 19 heavy (non-hydrogen) atoms. The van der Waals surface area contributed by atoms with E-state index in [1.807, 2.05) is 40.0 Å². The molecule has 0 unspecified atom stereocenters. The molecule has 0 saturated heterocycles. The summed E-state index contributed by atoms with van der Waals surface area (Å²) in [6.07, 6.45) is 0. The van der Waals surface area contributed by atoms with Gasteiger partial charge in [0, 0.05) is 19.8 Å². The predicted octanol–water partition coefficient (Wildman–Crippen LogP) is 2.21. The van der Waals surface area contributed by atoms with E-state index in [1.54, 1.807) is 16.6 Å². The van der Waals surface area contributed by atoms with Crippen molar-refractivity contribution in [2.45, 2.75) is 27.3 Å².